The van der Waals surface area contributed by atoms with E-state index in [1.165, 1.54) is 0 Å². The van der Waals surface area contributed by atoms with Crippen LogP contribution < -0.4 is 0 Å². The third kappa shape index (κ3) is 3.21. The molecule has 1 aliphatic rings. The molecule has 11 heavy (non-hydrogen) atoms. The summed E-state index contributed by atoms with van der Waals surface area (Å²) in [4.78, 5) is 0. The second kappa shape index (κ2) is 3.95. The normalized spacial score (nSPS) is 42.5. The minimum absolute atomic E-state index is 0. The molecule has 0 unspecified atom stereocenters. The van der Waals surface area contributed by atoms with E-state index in [1.807, 2.05) is 0 Å². The van der Waals surface area contributed by atoms with Crippen molar-refractivity contribution in [1.29, 1.82) is 0 Å². The number of hydrogen-bond donors (Lipinski definition) is 1. The molecule has 0 aromatic rings. The van der Waals surface area contributed by atoms with Crippen LogP contribution in [0.5, 0.6) is 0 Å². The van der Waals surface area contributed by atoms with Gasteiger partial charge in [-0.1, -0.05) is 0 Å². The van der Waals surface area contributed by atoms with E-state index >= 15 is 0 Å². The Bertz CT molecular complexity index is 128. The summed E-state index contributed by atoms with van der Waals surface area (Å²) in [7, 11) is 0. The average molecular weight is 307 g/mol. The van der Waals surface area contributed by atoms with Crippen molar-refractivity contribution in [3.63, 3.8) is 0 Å². The molecule has 0 amide bonds. The van der Waals surface area contributed by atoms with Crippen molar-refractivity contribution in [2.24, 2.45) is 5.41 Å². The SMILES string of the molecule is [CH2-]CCC1([CH2-])CC(O)(I)C1.[Mn+2]. The number of halogens is 1. The first-order valence-electron chi connectivity index (χ1n) is 3.53. The van der Waals surface area contributed by atoms with Crippen LogP contribution in [0.3, 0.4) is 0 Å². The van der Waals surface area contributed by atoms with Gasteiger partial charge in [0, 0.05) is 0 Å². The van der Waals surface area contributed by atoms with Gasteiger partial charge in [0.05, 0.1) is 0 Å². The Balaban J connectivity index is 0.000001000. The summed E-state index contributed by atoms with van der Waals surface area (Å²) in [5.41, 5.74) is 0.137. The van der Waals surface area contributed by atoms with E-state index < -0.39 is 3.61 Å². The third-order valence-corrected chi connectivity index (χ3v) is 2.76. The van der Waals surface area contributed by atoms with Gasteiger partial charge in [-0.05, 0) is 35.4 Å². The monoisotopic (exact) mass is 307 g/mol. The molecule has 1 rings (SSSR count). The van der Waals surface area contributed by atoms with Crippen LogP contribution >= 0.6 is 22.6 Å². The molecule has 1 fully saturated rings. The molecule has 65 valence electrons. The predicted octanol–water partition coefficient (Wildman–Crippen LogP) is 2.34. The average Bonchev–Trinajstić information content (AvgIpc) is 1.58. The third-order valence-electron chi connectivity index (χ3n) is 2.00. The van der Waals surface area contributed by atoms with E-state index in [1.54, 1.807) is 0 Å². The van der Waals surface area contributed by atoms with Crippen LogP contribution in [0.15, 0.2) is 0 Å². The van der Waals surface area contributed by atoms with E-state index in [4.69, 9.17) is 0 Å². The predicted molar refractivity (Wildman–Crippen MR) is 50.6 cm³/mol. The molecule has 0 heterocycles. The summed E-state index contributed by atoms with van der Waals surface area (Å²) in [5, 5.41) is 9.40. The van der Waals surface area contributed by atoms with Crippen LogP contribution in [0.1, 0.15) is 25.7 Å². The Morgan fingerprint density at radius 3 is 2.18 bits per heavy atom. The van der Waals surface area contributed by atoms with Crippen molar-refractivity contribution in [2.75, 3.05) is 0 Å². The Morgan fingerprint density at radius 1 is 1.45 bits per heavy atom. The van der Waals surface area contributed by atoms with E-state index in [9.17, 15) is 5.11 Å². The van der Waals surface area contributed by atoms with Gasteiger partial charge < -0.3 is 19.0 Å². The molecule has 1 radical (unpaired) electrons. The van der Waals surface area contributed by atoms with Gasteiger partial charge in [0.1, 0.15) is 3.61 Å². The number of rotatable bonds is 2. The van der Waals surface area contributed by atoms with Crippen molar-refractivity contribution < 1.29 is 22.2 Å². The van der Waals surface area contributed by atoms with Crippen molar-refractivity contribution >= 4 is 22.6 Å². The second-order valence-corrected chi connectivity index (χ2v) is 5.38. The fraction of sp³-hybridized carbons (Fsp3) is 0.750. The first-order chi connectivity index (χ1) is 4.47. The van der Waals surface area contributed by atoms with Crippen LogP contribution in [-0.2, 0) is 17.1 Å². The molecule has 0 bridgehead atoms. The molecule has 1 nitrogen and oxygen atoms in total. The Morgan fingerprint density at radius 2 is 1.91 bits per heavy atom. The maximum Gasteiger partial charge on any atom is 2.00 e. The number of alkyl halides is 1. The largest absolute Gasteiger partial charge is 2.00 e. The second-order valence-electron chi connectivity index (χ2n) is 3.38. The van der Waals surface area contributed by atoms with Crippen LogP contribution in [0.2, 0.25) is 0 Å². The fourth-order valence-corrected chi connectivity index (χ4v) is 3.27. The summed E-state index contributed by atoms with van der Waals surface area (Å²) in [6.07, 6.45) is 3.63. The van der Waals surface area contributed by atoms with Gasteiger partial charge in [-0.25, -0.2) is 0 Å². The van der Waals surface area contributed by atoms with Crippen LogP contribution in [0.4, 0.5) is 0 Å². The van der Waals surface area contributed by atoms with E-state index in [-0.39, 0.29) is 22.5 Å². The molecular formula is C8H13IMnO. The molecule has 0 aliphatic heterocycles. The smallest absolute Gasteiger partial charge is 0.380 e. The van der Waals surface area contributed by atoms with E-state index in [0.29, 0.717) is 0 Å². The summed E-state index contributed by atoms with van der Waals surface area (Å²) >= 11 is 2.09. The van der Waals surface area contributed by atoms with Gasteiger partial charge in [-0.15, -0.1) is 6.42 Å². The first-order valence-corrected chi connectivity index (χ1v) is 4.61. The molecule has 0 saturated heterocycles. The zero-order valence-electron chi connectivity index (χ0n) is 6.45. The Kier molecular flexibility index (Phi) is 4.38. The van der Waals surface area contributed by atoms with Gasteiger partial charge in [-0.2, -0.15) is 11.8 Å². The first kappa shape index (κ1) is 12.2. The fourth-order valence-electron chi connectivity index (χ4n) is 1.65. The molecule has 0 aromatic carbocycles. The molecule has 1 N–H and O–H groups in total. The van der Waals surface area contributed by atoms with E-state index in [0.717, 1.165) is 25.7 Å². The van der Waals surface area contributed by atoms with Crippen molar-refractivity contribution in [3.05, 3.63) is 13.8 Å². The van der Waals surface area contributed by atoms with Crippen molar-refractivity contribution in [2.45, 2.75) is 29.3 Å². The summed E-state index contributed by atoms with van der Waals surface area (Å²) in [6.45, 7) is 7.83. The Labute approximate surface area is 92.9 Å². The van der Waals surface area contributed by atoms with Crippen LogP contribution in [-0.4, -0.2) is 8.71 Å². The van der Waals surface area contributed by atoms with Gasteiger partial charge in [-0.3, -0.25) is 0 Å². The molecular weight excluding hydrogens is 294 g/mol. The van der Waals surface area contributed by atoms with E-state index in [2.05, 4.69) is 36.4 Å². The molecule has 0 spiro atoms. The maximum absolute atomic E-state index is 9.40. The summed E-state index contributed by atoms with van der Waals surface area (Å²) < 4.78 is -0.464. The molecule has 0 aromatic heterocycles. The Hall–Kier alpha value is 1.21. The van der Waals surface area contributed by atoms with Gasteiger partial charge in [0.15, 0.2) is 0 Å². The number of aliphatic hydroxyl groups is 1. The van der Waals surface area contributed by atoms with Crippen molar-refractivity contribution in [1.82, 2.24) is 0 Å². The summed E-state index contributed by atoms with van der Waals surface area (Å²) in [5.74, 6) is 0. The van der Waals surface area contributed by atoms with Crippen LogP contribution in [0, 0.1) is 19.3 Å². The molecule has 1 saturated carbocycles. The molecule has 1 aliphatic carbocycles. The molecule has 0 atom stereocenters. The quantitative estimate of drug-likeness (QED) is 0.359. The topological polar surface area (TPSA) is 20.2 Å². The minimum atomic E-state index is -0.464. The van der Waals surface area contributed by atoms with Gasteiger partial charge in [0.25, 0.3) is 0 Å². The summed E-state index contributed by atoms with van der Waals surface area (Å²) in [6, 6.07) is 0. The zero-order valence-corrected chi connectivity index (χ0v) is 9.78. The van der Waals surface area contributed by atoms with Crippen LogP contribution in [0.25, 0.3) is 0 Å². The zero-order chi connectivity index (χ0) is 7.83. The van der Waals surface area contributed by atoms with Crippen molar-refractivity contribution in [3.8, 4) is 0 Å². The maximum atomic E-state index is 9.40. The minimum Gasteiger partial charge on any atom is -0.380 e. The van der Waals surface area contributed by atoms with Gasteiger partial charge >= 0.3 is 17.1 Å². The van der Waals surface area contributed by atoms with Gasteiger partial charge in [0.2, 0.25) is 0 Å². The standard InChI is InChI=1S/C8H13IO.Mn/c1-3-4-7(2)5-8(9,10)6-7;/h10H,1-6H2;/q-2;+2. The number of hydrogen-bond acceptors (Lipinski definition) is 1. The molecule has 3 heteroatoms.